The van der Waals surface area contributed by atoms with Gasteiger partial charge in [0, 0.05) is 33.7 Å². The van der Waals surface area contributed by atoms with E-state index in [-0.39, 0.29) is 10.8 Å². The van der Waals surface area contributed by atoms with Gasteiger partial charge in [0.1, 0.15) is 5.69 Å². The predicted octanol–water partition coefficient (Wildman–Crippen LogP) is 12.6. The Morgan fingerprint density at radius 2 is 1.13 bits per heavy atom. The number of aromatic nitrogens is 3. The van der Waals surface area contributed by atoms with Crippen molar-refractivity contribution in [2.75, 3.05) is 0 Å². The molecule has 0 spiro atoms. The van der Waals surface area contributed by atoms with Gasteiger partial charge in [-0.1, -0.05) is 149 Å². The van der Waals surface area contributed by atoms with E-state index in [4.69, 9.17) is 9.97 Å². The third kappa shape index (κ3) is 4.22. The summed E-state index contributed by atoms with van der Waals surface area (Å²) in [6.45, 7) is 9.38. The fourth-order valence-corrected chi connectivity index (χ4v) is 9.40. The van der Waals surface area contributed by atoms with Gasteiger partial charge in [-0.2, -0.15) is 0 Å². The Hall–Kier alpha value is -6.32. The number of rotatable bonds is 3. The largest absolute Gasteiger partial charge is 0.296 e. The lowest BCUT2D eigenvalue weighted by Gasteiger charge is -2.22. The van der Waals surface area contributed by atoms with Gasteiger partial charge in [0.15, 0.2) is 5.65 Å². The number of fused-ring (bicyclic) bond motifs is 10. The predicted molar refractivity (Wildman–Crippen MR) is 219 cm³/mol. The molecule has 0 radical (unpaired) electrons. The summed E-state index contributed by atoms with van der Waals surface area (Å²) in [5, 5.41) is 5.02. The molecule has 53 heavy (non-hydrogen) atoms. The Balaban J connectivity index is 1.14. The van der Waals surface area contributed by atoms with Gasteiger partial charge in [0.05, 0.1) is 17.6 Å². The van der Waals surface area contributed by atoms with Crippen LogP contribution in [0, 0.1) is 0 Å². The first kappa shape index (κ1) is 30.3. The molecule has 0 N–H and O–H groups in total. The average Bonchev–Trinajstić information content (AvgIpc) is 3.80. The Bertz CT molecular complexity index is 3010. The van der Waals surface area contributed by atoms with Crippen LogP contribution >= 0.6 is 0 Å². The molecule has 3 heteroatoms. The Morgan fingerprint density at radius 1 is 0.491 bits per heavy atom. The molecule has 3 nitrogen and oxygen atoms in total. The summed E-state index contributed by atoms with van der Waals surface area (Å²) in [6.07, 6.45) is 4.20. The van der Waals surface area contributed by atoms with Crippen LogP contribution < -0.4 is 0 Å². The van der Waals surface area contributed by atoms with Gasteiger partial charge in [-0.05, 0) is 84.3 Å². The van der Waals surface area contributed by atoms with Crippen molar-refractivity contribution in [3.63, 3.8) is 0 Å². The Kier molecular flexibility index (Phi) is 6.07. The number of nitrogens with zero attached hydrogens (tertiary/aromatic N) is 3. The molecule has 0 bridgehead atoms. The Labute approximate surface area is 309 Å². The number of imidazole rings is 1. The van der Waals surface area contributed by atoms with E-state index in [0.29, 0.717) is 0 Å². The molecule has 0 aliphatic heterocycles. The number of benzene rings is 7. The van der Waals surface area contributed by atoms with Crippen LogP contribution in [0.15, 0.2) is 152 Å². The molecule has 0 amide bonds. The monoisotopic (exact) mass is 679 g/mol. The van der Waals surface area contributed by atoms with Crippen molar-refractivity contribution < 1.29 is 0 Å². The van der Waals surface area contributed by atoms with Crippen LogP contribution in [0.5, 0.6) is 0 Å². The van der Waals surface area contributed by atoms with Gasteiger partial charge in [0.2, 0.25) is 0 Å². The van der Waals surface area contributed by atoms with Gasteiger partial charge < -0.3 is 0 Å². The van der Waals surface area contributed by atoms with Crippen LogP contribution in [0.2, 0.25) is 0 Å². The summed E-state index contributed by atoms with van der Waals surface area (Å²) in [5.41, 5.74) is 17.4. The first-order valence-corrected chi connectivity index (χ1v) is 18.6. The SMILES string of the molecule is CC1(C)c2ccccc2-c2ccc(-c3cn4c(-c5ccc6ccccc6c5)cnc4c(-c4ccc5c(c4)C(C)(C)c4ccc6ccccc6c4-5)n3)cc21. The van der Waals surface area contributed by atoms with E-state index in [1.54, 1.807) is 0 Å². The van der Waals surface area contributed by atoms with E-state index in [1.807, 2.05) is 6.20 Å². The lowest BCUT2D eigenvalue weighted by Crippen LogP contribution is -2.15. The molecule has 2 aromatic heterocycles. The molecule has 0 saturated heterocycles. The second-order valence-electron chi connectivity index (χ2n) is 15.9. The highest BCUT2D eigenvalue weighted by Crippen LogP contribution is 2.53. The third-order valence-corrected chi connectivity index (χ3v) is 12.3. The quantitative estimate of drug-likeness (QED) is 0.186. The van der Waals surface area contributed by atoms with Gasteiger partial charge >= 0.3 is 0 Å². The zero-order valence-corrected chi connectivity index (χ0v) is 30.3. The molecule has 252 valence electrons. The molecule has 11 rings (SSSR count). The summed E-state index contributed by atoms with van der Waals surface area (Å²) >= 11 is 0. The minimum atomic E-state index is -0.162. The maximum Gasteiger partial charge on any atom is 0.164 e. The summed E-state index contributed by atoms with van der Waals surface area (Å²) in [6, 6.07) is 51.3. The Morgan fingerprint density at radius 3 is 2.02 bits per heavy atom. The second-order valence-corrected chi connectivity index (χ2v) is 15.9. The zero-order chi connectivity index (χ0) is 35.6. The molecule has 2 aliphatic rings. The minimum absolute atomic E-state index is 0.106. The fraction of sp³-hybridized carbons (Fsp3) is 0.120. The minimum Gasteiger partial charge on any atom is -0.296 e. The maximum atomic E-state index is 5.51. The van der Waals surface area contributed by atoms with Crippen molar-refractivity contribution in [1.29, 1.82) is 0 Å². The van der Waals surface area contributed by atoms with Gasteiger partial charge in [0.25, 0.3) is 0 Å². The standard InChI is InChI=1S/C50H37N3/c1-49(2)40-16-10-9-15-37(40)38-22-19-33(26-42(38)49)44-29-53-45(34-18-17-30-11-5-6-13-32(30)25-34)28-51-48(53)47(52-44)35-20-23-39-43(27-35)50(3,4)41-24-21-31-12-7-8-14-36(31)46(39)41/h5-29H,1-4H3. The molecule has 9 aromatic rings. The molecular formula is C50H37N3. The lowest BCUT2D eigenvalue weighted by molar-refractivity contribution is 0.660. The van der Waals surface area contributed by atoms with E-state index in [9.17, 15) is 0 Å². The van der Waals surface area contributed by atoms with Crippen molar-refractivity contribution >= 4 is 27.2 Å². The number of hydrogen-bond donors (Lipinski definition) is 0. The summed E-state index contributed by atoms with van der Waals surface area (Å²) in [5.74, 6) is 0. The topological polar surface area (TPSA) is 30.2 Å². The molecule has 0 atom stereocenters. The van der Waals surface area contributed by atoms with Crippen molar-refractivity contribution in [3.05, 3.63) is 174 Å². The first-order chi connectivity index (χ1) is 25.8. The smallest absolute Gasteiger partial charge is 0.164 e. The first-order valence-electron chi connectivity index (χ1n) is 18.6. The summed E-state index contributed by atoms with van der Waals surface area (Å²) < 4.78 is 2.26. The second kappa shape index (κ2) is 10.6. The summed E-state index contributed by atoms with van der Waals surface area (Å²) in [4.78, 5) is 10.6. The number of hydrogen-bond acceptors (Lipinski definition) is 2. The van der Waals surface area contributed by atoms with Crippen molar-refractivity contribution in [2.24, 2.45) is 0 Å². The highest BCUT2D eigenvalue weighted by molar-refractivity contribution is 6.03. The van der Waals surface area contributed by atoms with E-state index in [2.05, 4.69) is 178 Å². The highest BCUT2D eigenvalue weighted by Gasteiger charge is 2.38. The van der Waals surface area contributed by atoms with Gasteiger partial charge in [-0.15, -0.1) is 0 Å². The van der Waals surface area contributed by atoms with Crippen LogP contribution in [-0.4, -0.2) is 14.4 Å². The van der Waals surface area contributed by atoms with Crippen molar-refractivity contribution in [3.8, 4) is 56.0 Å². The average molecular weight is 680 g/mol. The summed E-state index contributed by atoms with van der Waals surface area (Å²) in [7, 11) is 0. The molecule has 7 aromatic carbocycles. The lowest BCUT2D eigenvalue weighted by atomic mass is 9.81. The maximum absolute atomic E-state index is 5.51. The normalized spacial score (nSPS) is 14.7. The van der Waals surface area contributed by atoms with E-state index >= 15 is 0 Å². The van der Waals surface area contributed by atoms with E-state index < -0.39 is 0 Å². The molecular weight excluding hydrogens is 643 g/mol. The molecule has 0 fully saturated rings. The molecule has 2 heterocycles. The highest BCUT2D eigenvalue weighted by atomic mass is 15.0. The molecule has 0 saturated carbocycles. The zero-order valence-electron chi connectivity index (χ0n) is 30.3. The molecule has 2 aliphatic carbocycles. The fourth-order valence-electron chi connectivity index (χ4n) is 9.40. The van der Waals surface area contributed by atoms with E-state index in [0.717, 1.165) is 39.4 Å². The van der Waals surface area contributed by atoms with Gasteiger partial charge in [-0.25, -0.2) is 9.97 Å². The van der Waals surface area contributed by atoms with Crippen LogP contribution in [0.3, 0.4) is 0 Å². The van der Waals surface area contributed by atoms with Gasteiger partial charge in [-0.3, -0.25) is 4.40 Å². The van der Waals surface area contributed by atoms with Crippen LogP contribution in [-0.2, 0) is 10.8 Å². The van der Waals surface area contributed by atoms with E-state index in [1.165, 1.54) is 66.1 Å². The van der Waals surface area contributed by atoms with Crippen LogP contribution in [0.1, 0.15) is 49.9 Å². The van der Waals surface area contributed by atoms with Crippen molar-refractivity contribution in [1.82, 2.24) is 14.4 Å². The third-order valence-electron chi connectivity index (χ3n) is 12.3. The van der Waals surface area contributed by atoms with Crippen LogP contribution in [0.25, 0.3) is 83.2 Å². The van der Waals surface area contributed by atoms with Crippen molar-refractivity contribution in [2.45, 2.75) is 38.5 Å². The molecule has 0 unspecified atom stereocenters. The van der Waals surface area contributed by atoms with Crippen LogP contribution in [0.4, 0.5) is 0 Å².